The van der Waals surface area contributed by atoms with Crippen LogP contribution < -0.4 is 5.73 Å². The molecule has 0 unspecified atom stereocenters. The van der Waals surface area contributed by atoms with Crippen molar-refractivity contribution >= 4 is 39.7 Å². The fraction of sp³-hybridized carbons (Fsp3) is 0.692. The molecular formula is C13H23BrClN3S. The molecule has 0 atom stereocenters. The lowest BCUT2D eigenvalue weighted by atomic mass is 10.1. The molecule has 1 aliphatic heterocycles. The summed E-state index contributed by atoms with van der Waals surface area (Å²) in [7, 11) is 0. The fourth-order valence-electron chi connectivity index (χ4n) is 2.34. The average molecular weight is 369 g/mol. The predicted molar refractivity (Wildman–Crippen MR) is 89.3 cm³/mol. The van der Waals surface area contributed by atoms with E-state index in [0.29, 0.717) is 0 Å². The van der Waals surface area contributed by atoms with Gasteiger partial charge in [0.2, 0.25) is 0 Å². The van der Waals surface area contributed by atoms with Crippen molar-refractivity contribution in [2.24, 2.45) is 5.73 Å². The molecule has 1 aromatic heterocycles. The fourth-order valence-corrected chi connectivity index (χ4v) is 3.86. The molecule has 0 bridgehead atoms. The molecule has 19 heavy (non-hydrogen) atoms. The molecule has 0 saturated carbocycles. The van der Waals surface area contributed by atoms with E-state index in [0.717, 1.165) is 39.3 Å². The molecular weight excluding hydrogens is 346 g/mol. The van der Waals surface area contributed by atoms with Gasteiger partial charge in [-0.05, 0) is 41.9 Å². The predicted octanol–water partition coefficient (Wildman–Crippen LogP) is 2.79. The lowest BCUT2D eigenvalue weighted by Crippen LogP contribution is -2.52. The van der Waals surface area contributed by atoms with Crippen molar-refractivity contribution in [1.82, 2.24) is 9.80 Å². The van der Waals surface area contributed by atoms with Crippen LogP contribution in [0.25, 0.3) is 0 Å². The smallest absolute Gasteiger partial charge is 0.0701 e. The van der Waals surface area contributed by atoms with Crippen LogP contribution in [0.4, 0.5) is 0 Å². The zero-order chi connectivity index (χ0) is 13.2. The molecule has 6 heteroatoms. The average Bonchev–Trinajstić information content (AvgIpc) is 2.65. The highest BCUT2D eigenvalue weighted by Crippen LogP contribution is 2.23. The molecule has 1 saturated heterocycles. The normalized spacial score (nSPS) is 18.3. The van der Waals surface area contributed by atoms with Crippen LogP contribution in [0.1, 0.15) is 18.7 Å². The Bertz CT molecular complexity index is 383. The first-order valence-corrected chi connectivity index (χ1v) is 8.01. The van der Waals surface area contributed by atoms with Gasteiger partial charge in [-0.15, -0.1) is 23.7 Å². The Morgan fingerprint density at radius 2 is 1.79 bits per heavy atom. The molecule has 1 fully saturated rings. The third-order valence-electron chi connectivity index (χ3n) is 3.10. The maximum absolute atomic E-state index is 6.07. The summed E-state index contributed by atoms with van der Waals surface area (Å²) in [6, 6.07) is 4.34. The Balaban J connectivity index is 0.00000180. The maximum atomic E-state index is 6.07. The highest BCUT2D eigenvalue weighted by molar-refractivity contribution is 9.11. The van der Waals surface area contributed by atoms with Crippen molar-refractivity contribution in [3.05, 3.63) is 20.8 Å². The van der Waals surface area contributed by atoms with Crippen molar-refractivity contribution in [3.8, 4) is 0 Å². The van der Waals surface area contributed by atoms with Gasteiger partial charge in [-0.3, -0.25) is 9.80 Å². The molecule has 2 N–H and O–H groups in total. The number of piperazine rings is 1. The third-order valence-corrected chi connectivity index (χ3v) is 4.71. The van der Waals surface area contributed by atoms with E-state index in [1.54, 1.807) is 0 Å². The first kappa shape index (κ1) is 17.4. The van der Waals surface area contributed by atoms with Crippen LogP contribution in [0.2, 0.25) is 0 Å². The SMILES string of the molecule is CC(C)(N)CN1CCN(Cc2ccc(Br)s2)CC1.Cl. The Hall–Kier alpha value is 0.350. The summed E-state index contributed by atoms with van der Waals surface area (Å²) in [6.07, 6.45) is 0. The lowest BCUT2D eigenvalue weighted by molar-refractivity contribution is 0.112. The molecule has 0 spiro atoms. The molecule has 0 radical (unpaired) electrons. The van der Waals surface area contributed by atoms with Crippen LogP contribution in [-0.2, 0) is 6.54 Å². The van der Waals surface area contributed by atoms with Crippen LogP contribution in [0.15, 0.2) is 15.9 Å². The van der Waals surface area contributed by atoms with E-state index in [1.165, 1.54) is 8.66 Å². The summed E-state index contributed by atoms with van der Waals surface area (Å²) < 4.78 is 1.22. The molecule has 1 aliphatic rings. The monoisotopic (exact) mass is 367 g/mol. The molecule has 110 valence electrons. The van der Waals surface area contributed by atoms with Gasteiger partial charge in [0.25, 0.3) is 0 Å². The number of nitrogens with zero attached hydrogens (tertiary/aromatic N) is 2. The molecule has 0 amide bonds. The van der Waals surface area contributed by atoms with Gasteiger partial charge in [-0.1, -0.05) is 0 Å². The van der Waals surface area contributed by atoms with Crippen molar-refractivity contribution < 1.29 is 0 Å². The Kier molecular flexibility index (Phi) is 6.76. The quantitative estimate of drug-likeness (QED) is 0.887. The number of rotatable bonds is 4. The lowest BCUT2D eigenvalue weighted by Gasteiger charge is -2.37. The van der Waals surface area contributed by atoms with Gasteiger partial charge < -0.3 is 5.73 Å². The summed E-state index contributed by atoms with van der Waals surface area (Å²) in [5, 5.41) is 0. The van der Waals surface area contributed by atoms with Crippen molar-refractivity contribution in [3.63, 3.8) is 0 Å². The van der Waals surface area contributed by atoms with Crippen LogP contribution in [0.3, 0.4) is 0 Å². The minimum atomic E-state index is -0.0826. The van der Waals surface area contributed by atoms with Gasteiger partial charge in [-0.25, -0.2) is 0 Å². The Labute approximate surface area is 134 Å². The number of halogens is 2. The standard InChI is InChI=1S/C13H22BrN3S.ClH/c1-13(2,15)10-17-7-5-16(6-8-17)9-11-3-4-12(14)18-11;/h3-4H,5-10,15H2,1-2H3;1H. The van der Waals surface area contributed by atoms with Crippen molar-refractivity contribution in [2.75, 3.05) is 32.7 Å². The van der Waals surface area contributed by atoms with Gasteiger partial charge >= 0.3 is 0 Å². The molecule has 0 aliphatic carbocycles. The summed E-state index contributed by atoms with van der Waals surface area (Å²) in [6.45, 7) is 10.8. The molecule has 2 rings (SSSR count). The van der Waals surface area contributed by atoms with Gasteiger partial charge in [0.1, 0.15) is 0 Å². The highest BCUT2D eigenvalue weighted by Gasteiger charge is 2.21. The van der Waals surface area contributed by atoms with Crippen molar-refractivity contribution in [1.29, 1.82) is 0 Å². The van der Waals surface area contributed by atoms with E-state index in [1.807, 2.05) is 11.3 Å². The second kappa shape index (κ2) is 7.38. The maximum Gasteiger partial charge on any atom is 0.0701 e. The van der Waals surface area contributed by atoms with E-state index in [-0.39, 0.29) is 17.9 Å². The topological polar surface area (TPSA) is 32.5 Å². The number of nitrogens with two attached hydrogens (primary N) is 1. The molecule has 1 aromatic rings. The Morgan fingerprint density at radius 3 is 2.26 bits per heavy atom. The Morgan fingerprint density at radius 1 is 1.21 bits per heavy atom. The second-order valence-electron chi connectivity index (χ2n) is 5.75. The van der Waals surface area contributed by atoms with Crippen LogP contribution in [0.5, 0.6) is 0 Å². The van der Waals surface area contributed by atoms with Crippen molar-refractivity contribution in [2.45, 2.75) is 25.9 Å². The van der Waals surface area contributed by atoms with Gasteiger partial charge in [0.05, 0.1) is 3.79 Å². The van der Waals surface area contributed by atoms with Gasteiger partial charge in [-0.2, -0.15) is 0 Å². The first-order chi connectivity index (χ1) is 8.42. The van der Waals surface area contributed by atoms with Crippen LogP contribution in [-0.4, -0.2) is 48.1 Å². The summed E-state index contributed by atoms with van der Waals surface area (Å²) in [5.41, 5.74) is 5.99. The zero-order valence-corrected chi connectivity index (χ0v) is 14.8. The molecule has 2 heterocycles. The largest absolute Gasteiger partial charge is 0.324 e. The molecule has 3 nitrogen and oxygen atoms in total. The van der Waals surface area contributed by atoms with E-state index in [4.69, 9.17) is 5.73 Å². The zero-order valence-electron chi connectivity index (χ0n) is 11.6. The second-order valence-corrected chi connectivity index (χ2v) is 8.29. The van der Waals surface area contributed by atoms with E-state index >= 15 is 0 Å². The minimum Gasteiger partial charge on any atom is -0.324 e. The van der Waals surface area contributed by atoms with Gasteiger partial charge in [0.15, 0.2) is 0 Å². The number of hydrogen-bond donors (Lipinski definition) is 1. The first-order valence-electron chi connectivity index (χ1n) is 6.40. The summed E-state index contributed by atoms with van der Waals surface area (Å²) in [5.74, 6) is 0. The van der Waals surface area contributed by atoms with Crippen LogP contribution >= 0.6 is 39.7 Å². The number of hydrogen-bond acceptors (Lipinski definition) is 4. The molecule has 0 aromatic carbocycles. The van der Waals surface area contributed by atoms with Crippen LogP contribution in [0, 0.1) is 0 Å². The number of thiophene rings is 1. The van der Waals surface area contributed by atoms with E-state index in [9.17, 15) is 0 Å². The summed E-state index contributed by atoms with van der Waals surface area (Å²) in [4.78, 5) is 6.44. The summed E-state index contributed by atoms with van der Waals surface area (Å²) >= 11 is 5.35. The van der Waals surface area contributed by atoms with Gasteiger partial charge in [0, 0.05) is 49.7 Å². The van der Waals surface area contributed by atoms with E-state index < -0.39 is 0 Å². The highest BCUT2D eigenvalue weighted by atomic mass is 79.9. The minimum absolute atomic E-state index is 0. The third kappa shape index (κ3) is 6.10. The van der Waals surface area contributed by atoms with E-state index in [2.05, 4.69) is 51.7 Å².